The Labute approximate surface area is 127 Å². The van der Waals surface area contributed by atoms with Gasteiger partial charge in [-0.1, -0.05) is 47.5 Å². The maximum atomic E-state index is 6.19. The number of nitrogens with one attached hydrogen (secondary N) is 1. The number of benzene rings is 2. The molecule has 0 bridgehead atoms. The SMILES string of the molecule is Clc1cccc(CNc2cccc3ccncc23)c1Cl. The van der Waals surface area contributed by atoms with E-state index < -0.39 is 0 Å². The highest BCUT2D eigenvalue weighted by Gasteiger charge is 2.05. The van der Waals surface area contributed by atoms with Gasteiger partial charge in [0, 0.05) is 30.0 Å². The molecule has 1 heterocycles. The molecule has 0 atom stereocenters. The van der Waals surface area contributed by atoms with Crippen LogP contribution in [0.2, 0.25) is 10.0 Å². The van der Waals surface area contributed by atoms with Crippen LogP contribution in [-0.4, -0.2) is 4.98 Å². The van der Waals surface area contributed by atoms with Gasteiger partial charge in [-0.3, -0.25) is 4.98 Å². The van der Waals surface area contributed by atoms with Gasteiger partial charge < -0.3 is 5.32 Å². The van der Waals surface area contributed by atoms with Crippen LogP contribution in [0.3, 0.4) is 0 Å². The predicted octanol–water partition coefficient (Wildman–Crippen LogP) is 5.15. The molecule has 20 heavy (non-hydrogen) atoms. The molecule has 0 fully saturated rings. The number of halogens is 2. The monoisotopic (exact) mass is 302 g/mol. The first-order valence-corrected chi connectivity index (χ1v) is 7.01. The maximum Gasteiger partial charge on any atom is 0.0642 e. The van der Waals surface area contributed by atoms with Crippen LogP contribution >= 0.6 is 23.2 Å². The number of hydrogen-bond acceptors (Lipinski definition) is 2. The Morgan fingerprint density at radius 3 is 2.75 bits per heavy atom. The molecule has 0 aliphatic heterocycles. The number of anilines is 1. The molecule has 0 amide bonds. The van der Waals surface area contributed by atoms with Crippen molar-refractivity contribution in [2.45, 2.75) is 6.54 Å². The van der Waals surface area contributed by atoms with Crippen molar-refractivity contribution < 1.29 is 0 Å². The zero-order chi connectivity index (χ0) is 13.9. The van der Waals surface area contributed by atoms with Crippen molar-refractivity contribution in [3.63, 3.8) is 0 Å². The van der Waals surface area contributed by atoms with E-state index >= 15 is 0 Å². The fraction of sp³-hybridized carbons (Fsp3) is 0.0625. The third-order valence-corrected chi connectivity index (χ3v) is 4.04. The molecule has 2 nitrogen and oxygen atoms in total. The highest BCUT2D eigenvalue weighted by atomic mass is 35.5. The van der Waals surface area contributed by atoms with Gasteiger partial charge in [-0.05, 0) is 29.1 Å². The largest absolute Gasteiger partial charge is 0.380 e. The number of rotatable bonds is 3. The smallest absolute Gasteiger partial charge is 0.0642 e. The lowest BCUT2D eigenvalue weighted by Gasteiger charge is -2.11. The molecule has 0 radical (unpaired) electrons. The molecule has 0 aliphatic carbocycles. The van der Waals surface area contributed by atoms with Gasteiger partial charge in [0.25, 0.3) is 0 Å². The topological polar surface area (TPSA) is 24.9 Å². The highest BCUT2D eigenvalue weighted by Crippen LogP contribution is 2.27. The summed E-state index contributed by atoms with van der Waals surface area (Å²) in [6.07, 6.45) is 3.65. The summed E-state index contributed by atoms with van der Waals surface area (Å²) < 4.78 is 0. The summed E-state index contributed by atoms with van der Waals surface area (Å²) in [5.41, 5.74) is 2.01. The Morgan fingerprint density at radius 2 is 1.85 bits per heavy atom. The van der Waals surface area contributed by atoms with E-state index in [1.807, 2.05) is 36.5 Å². The summed E-state index contributed by atoms with van der Waals surface area (Å²) in [7, 11) is 0. The molecular formula is C16H12Cl2N2. The zero-order valence-electron chi connectivity index (χ0n) is 10.6. The first kappa shape index (κ1) is 13.2. The molecule has 0 aliphatic rings. The molecule has 0 saturated carbocycles. The lowest BCUT2D eigenvalue weighted by Crippen LogP contribution is -2.00. The lowest BCUT2D eigenvalue weighted by atomic mass is 10.1. The van der Waals surface area contributed by atoms with E-state index in [1.54, 1.807) is 12.3 Å². The number of fused-ring (bicyclic) bond motifs is 1. The second kappa shape index (κ2) is 5.70. The molecule has 1 aromatic heterocycles. The zero-order valence-corrected chi connectivity index (χ0v) is 12.1. The molecule has 2 aromatic carbocycles. The van der Waals surface area contributed by atoms with E-state index in [-0.39, 0.29) is 0 Å². The Morgan fingerprint density at radius 1 is 1.00 bits per heavy atom. The fourth-order valence-electron chi connectivity index (χ4n) is 2.14. The van der Waals surface area contributed by atoms with Crippen LogP contribution in [0.25, 0.3) is 10.8 Å². The first-order chi connectivity index (χ1) is 9.75. The van der Waals surface area contributed by atoms with Gasteiger partial charge >= 0.3 is 0 Å². The van der Waals surface area contributed by atoms with Crippen LogP contribution in [0.15, 0.2) is 54.9 Å². The lowest BCUT2D eigenvalue weighted by molar-refractivity contribution is 1.15. The van der Waals surface area contributed by atoms with Crippen LogP contribution in [0.5, 0.6) is 0 Å². The third kappa shape index (κ3) is 2.58. The van der Waals surface area contributed by atoms with Crippen LogP contribution in [0.1, 0.15) is 5.56 Å². The van der Waals surface area contributed by atoms with Crippen LogP contribution in [0, 0.1) is 0 Å². The van der Waals surface area contributed by atoms with E-state index in [0.717, 1.165) is 22.0 Å². The minimum absolute atomic E-state index is 0.575. The van der Waals surface area contributed by atoms with Crippen molar-refractivity contribution in [2.75, 3.05) is 5.32 Å². The van der Waals surface area contributed by atoms with Crippen molar-refractivity contribution >= 4 is 39.7 Å². The number of nitrogens with zero attached hydrogens (tertiary/aromatic N) is 1. The van der Waals surface area contributed by atoms with Crippen molar-refractivity contribution in [3.8, 4) is 0 Å². The van der Waals surface area contributed by atoms with E-state index in [4.69, 9.17) is 23.2 Å². The fourth-order valence-corrected chi connectivity index (χ4v) is 2.53. The second-order valence-electron chi connectivity index (χ2n) is 4.47. The van der Waals surface area contributed by atoms with Crippen molar-refractivity contribution in [1.29, 1.82) is 0 Å². The maximum absolute atomic E-state index is 6.19. The quantitative estimate of drug-likeness (QED) is 0.723. The third-order valence-electron chi connectivity index (χ3n) is 3.18. The highest BCUT2D eigenvalue weighted by molar-refractivity contribution is 6.42. The van der Waals surface area contributed by atoms with Crippen LogP contribution < -0.4 is 5.32 Å². The van der Waals surface area contributed by atoms with Gasteiger partial charge in [0.2, 0.25) is 0 Å². The van der Waals surface area contributed by atoms with Gasteiger partial charge in [-0.15, -0.1) is 0 Å². The van der Waals surface area contributed by atoms with Crippen molar-refractivity contribution in [1.82, 2.24) is 4.98 Å². The number of pyridine rings is 1. The van der Waals surface area contributed by atoms with Crippen molar-refractivity contribution in [2.24, 2.45) is 0 Å². The van der Waals surface area contributed by atoms with Gasteiger partial charge in [0.1, 0.15) is 0 Å². The summed E-state index contributed by atoms with van der Waals surface area (Å²) in [4.78, 5) is 4.17. The Bertz CT molecular complexity index is 751. The molecule has 3 rings (SSSR count). The Kier molecular flexibility index (Phi) is 3.77. The Hall–Kier alpha value is -1.77. The molecule has 0 spiro atoms. The predicted molar refractivity (Wildman–Crippen MR) is 85.5 cm³/mol. The summed E-state index contributed by atoms with van der Waals surface area (Å²) in [6, 6.07) is 13.8. The van der Waals surface area contributed by atoms with E-state index in [2.05, 4.69) is 16.4 Å². The molecule has 3 aromatic rings. The molecule has 100 valence electrons. The first-order valence-electron chi connectivity index (χ1n) is 6.25. The van der Waals surface area contributed by atoms with E-state index in [9.17, 15) is 0 Å². The Balaban J connectivity index is 1.89. The summed E-state index contributed by atoms with van der Waals surface area (Å²) >= 11 is 12.2. The molecular weight excluding hydrogens is 291 g/mol. The average Bonchev–Trinajstić information content (AvgIpc) is 2.49. The van der Waals surface area contributed by atoms with Gasteiger partial charge in [-0.2, -0.15) is 0 Å². The van der Waals surface area contributed by atoms with Crippen LogP contribution in [0.4, 0.5) is 5.69 Å². The minimum Gasteiger partial charge on any atom is -0.380 e. The molecule has 1 N–H and O–H groups in total. The van der Waals surface area contributed by atoms with E-state index in [1.165, 1.54) is 0 Å². The average molecular weight is 303 g/mol. The van der Waals surface area contributed by atoms with Crippen molar-refractivity contribution in [3.05, 3.63) is 70.5 Å². The summed E-state index contributed by atoms with van der Waals surface area (Å²) in [5, 5.41) is 6.81. The number of aromatic nitrogens is 1. The summed E-state index contributed by atoms with van der Waals surface area (Å²) in [6.45, 7) is 0.618. The molecule has 0 unspecified atom stereocenters. The summed E-state index contributed by atoms with van der Waals surface area (Å²) in [5.74, 6) is 0. The van der Waals surface area contributed by atoms with Gasteiger partial charge in [-0.25, -0.2) is 0 Å². The van der Waals surface area contributed by atoms with Crippen LogP contribution in [-0.2, 0) is 6.54 Å². The van der Waals surface area contributed by atoms with E-state index in [0.29, 0.717) is 16.6 Å². The molecule has 0 saturated heterocycles. The van der Waals surface area contributed by atoms with Gasteiger partial charge in [0.15, 0.2) is 0 Å². The van der Waals surface area contributed by atoms with Gasteiger partial charge in [0.05, 0.1) is 10.0 Å². The minimum atomic E-state index is 0.575. The normalized spacial score (nSPS) is 10.7. The standard InChI is InChI=1S/C16H12Cl2N2/c17-14-5-1-4-12(16(14)18)9-20-15-6-2-3-11-7-8-19-10-13(11)15/h1-8,10,20H,9H2. The number of hydrogen-bond donors (Lipinski definition) is 1. The second-order valence-corrected chi connectivity index (χ2v) is 5.25. The molecule has 4 heteroatoms.